The maximum Gasteiger partial charge on any atom is 0.0947 e. The van der Waals surface area contributed by atoms with Crippen molar-refractivity contribution in [2.24, 2.45) is 7.05 Å². The van der Waals surface area contributed by atoms with Gasteiger partial charge in [0, 0.05) is 24.2 Å². The highest BCUT2D eigenvalue weighted by Crippen LogP contribution is 2.16. The van der Waals surface area contributed by atoms with Gasteiger partial charge in [0.15, 0.2) is 0 Å². The molecular weight excluding hydrogens is 158 g/mol. The minimum Gasteiger partial charge on any atom is -0.275 e. The van der Waals surface area contributed by atoms with Gasteiger partial charge in [-0.25, -0.2) is 4.37 Å². The molecule has 3 nitrogen and oxygen atoms in total. The first-order chi connectivity index (χ1) is 5.36. The molecule has 4 heteroatoms. The number of hydrogen-bond donors (Lipinski definition) is 0. The summed E-state index contributed by atoms with van der Waals surface area (Å²) >= 11 is 1.44. The van der Waals surface area contributed by atoms with E-state index in [0.717, 1.165) is 11.3 Å². The largest absolute Gasteiger partial charge is 0.275 e. The lowest BCUT2D eigenvalue weighted by Crippen LogP contribution is -1.86. The van der Waals surface area contributed by atoms with Crippen molar-refractivity contribution in [3.63, 3.8) is 0 Å². The molecule has 0 N–H and O–H groups in total. The van der Waals surface area contributed by atoms with Gasteiger partial charge in [-0.3, -0.25) is 4.68 Å². The predicted octanol–water partition coefficient (Wildman–Crippen LogP) is 1.54. The Hall–Kier alpha value is -1.16. The molecule has 0 atom stereocenters. The first kappa shape index (κ1) is 6.54. The average molecular weight is 165 g/mol. The molecule has 2 aromatic rings. The molecule has 0 aromatic carbocycles. The fourth-order valence-electron chi connectivity index (χ4n) is 0.900. The molecule has 0 bridgehead atoms. The van der Waals surface area contributed by atoms with Gasteiger partial charge in [0.25, 0.3) is 0 Å². The Balaban J connectivity index is 2.45. The standard InChI is InChI=1S/C7H7N3S/c1-10-3-2-7(9-10)6-4-8-11-5-6/h2-5H,1H3. The van der Waals surface area contributed by atoms with E-state index in [4.69, 9.17) is 0 Å². The molecule has 0 unspecified atom stereocenters. The number of hydrogen-bond acceptors (Lipinski definition) is 3. The van der Waals surface area contributed by atoms with Crippen LogP contribution in [0.2, 0.25) is 0 Å². The van der Waals surface area contributed by atoms with E-state index >= 15 is 0 Å². The van der Waals surface area contributed by atoms with Gasteiger partial charge in [-0.15, -0.1) is 0 Å². The third-order valence-corrected chi connectivity index (χ3v) is 2.03. The van der Waals surface area contributed by atoms with E-state index in [0.29, 0.717) is 0 Å². The molecule has 2 heterocycles. The lowest BCUT2D eigenvalue weighted by Gasteiger charge is -1.86. The van der Waals surface area contributed by atoms with Crippen molar-refractivity contribution in [2.45, 2.75) is 0 Å². The van der Waals surface area contributed by atoms with Crippen LogP contribution in [-0.4, -0.2) is 14.2 Å². The third kappa shape index (κ3) is 1.17. The minimum atomic E-state index is 0.987. The highest BCUT2D eigenvalue weighted by atomic mass is 32.1. The van der Waals surface area contributed by atoms with Crippen LogP contribution >= 0.6 is 11.5 Å². The Morgan fingerprint density at radius 1 is 1.55 bits per heavy atom. The van der Waals surface area contributed by atoms with E-state index in [2.05, 4.69) is 9.47 Å². The second-order valence-corrected chi connectivity index (χ2v) is 2.95. The Bertz CT molecular complexity index is 336. The van der Waals surface area contributed by atoms with Gasteiger partial charge in [-0.05, 0) is 17.6 Å². The zero-order chi connectivity index (χ0) is 7.68. The molecule has 0 aliphatic rings. The first-order valence-electron chi connectivity index (χ1n) is 3.25. The average Bonchev–Trinajstić information content (AvgIpc) is 2.55. The van der Waals surface area contributed by atoms with Crippen LogP contribution in [0.25, 0.3) is 11.3 Å². The van der Waals surface area contributed by atoms with Crippen LogP contribution in [0, 0.1) is 0 Å². The zero-order valence-electron chi connectivity index (χ0n) is 6.06. The highest BCUT2D eigenvalue weighted by Gasteiger charge is 2.00. The molecule has 0 radical (unpaired) electrons. The normalized spacial score (nSPS) is 10.3. The SMILES string of the molecule is Cn1ccc(-c2cnsc2)n1. The molecule has 2 aromatic heterocycles. The molecule has 0 fully saturated rings. The molecule has 0 aliphatic heterocycles. The number of aromatic nitrogens is 3. The van der Waals surface area contributed by atoms with Crippen LogP contribution in [0.5, 0.6) is 0 Å². The second kappa shape index (κ2) is 2.47. The summed E-state index contributed by atoms with van der Waals surface area (Å²) in [7, 11) is 1.91. The van der Waals surface area contributed by atoms with E-state index < -0.39 is 0 Å². The lowest BCUT2D eigenvalue weighted by molar-refractivity contribution is 0.771. The van der Waals surface area contributed by atoms with E-state index in [-0.39, 0.29) is 0 Å². The van der Waals surface area contributed by atoms with Crippen LogP contribution in [0.15, 0.2) is 23.8 Å². The fourth-order valence-corrected chi connectivity index (χ4v) is 1.43. The van der Waals surface area contributed by atoms with Gasteiger partial charge in [-0.1, -0.05) is 0 Å². The molecule has 2 rings (SSSR count). The molecule has 56 valence electrons. The van der Waals surface area contributed by atoms with Crippen molar-refractivity contribution in [1.82, 2.24) is 14.2 Å². The van der Waals surface area contributed by atoms with Crippen molar-refractivity contribution in [2.75, 3.05) is 0 Å². The van der Waals surface area contributed by atoms with Gasteiger partial charge < -0.3 is 0 Å². The van der Waals surface area contributed by atoms with E-state index in [9.17, 15) is 0 Å². The molecule has 0 amide bonds. The van der Waals surface area contributed by atoms with E-state index in [1.807, 2.05) is 30.9 Å². The highest BCUT2D eigenvalue weighted by molar-refractivity contribution is 7.03. The molecule has 0 spiro atoms. The molecule has 0 aliphatic carbocycles. The van der Waals surface area contributed by atoms with Crippen molar-refractivity contribution >= 4 is 11.5 Å². The summed E-state index contributed by atoms with van der Waals surface area (Å²) in [5, 5.41) is 6.22. The smallest absolute Gasteiger partial charge is 0.0947 e. The van der Waals surface area contributed by atoms with Crippen LogP contribution in [-0.2, 0) is 7.05 Å². The monoisotopic (exact) mass is 165 g/mol. The Morgan fingerprint density at radius 2 is 2.45 bits per heavy atom. The summed E-state index contributed by atoms with van der Waals surface area (Å²) < 4.78 is 5.78. The van der Waals surface area contributed by atoms with Gasteiger partial charge in [0.2, 0.25) is 0 Å². The Kier molecular flexibility index (Phi) is 1.47. The van der Waals surface area contributed by atoms with Gasteiger partial charge in [-0.2, -0.15) is 5.10 Å². The second-order valence-electron chi connectivity index (χ2n) is 2.29. The lowest BCUT2D eigenvalue weighted by atomic mass is 10.3. The molecule has 0 saturated heterocycles. The first-order valence-corrected chi connectivity index (χ1v) is 4.09. The van der Waals surface area contributed by atoms with Gasteiger partial charge in [0.1, 0.15) is 0 Å². The molecular formula is C7H7N3S. The van der Waals surface area contributed by atoms with Crippen molar-refractivity contribution in [3.8, 4) is 11.3 Å². The van der Waals surface area contributed by atoms with Crippen LogP contribution in [0.3, 0.4) is 0 Å². The third-order valence-electron chi connectivity index (χ3n) is 1.44. The van der Waals surface area contributed by atoms with Gasteiger partial charge >= 0.3 is 0 Å². The summed E-state index contributed by atoms with van der Waals surface area (Å²) in [6, 6.07) is 1.98. The van der Waals surface area contributed by atoms with Crippen LogP contribution in [0.1, 0.15) is 0 Å². The van der Waals surface area contributed by atoms with E-state index in [1.165, 1.54) is 11.5 Å². The Labute approximate surface area is 68.5 Å². The van der Waals surface area contributed by atoms with Crippen LogP contribution < -0.4 is 0 Å². The summed E-state index contributed by atoms with van der Waals surface area (Å²) in [6.45, 7) is 0. The number of aryl methyl sites for hydroxylation is 1. The van der Waals surface area contributed by atoms with E-state index in [1.54, 1.807) is 4.68 Å². The summed E-state index contributed by atoms with van der Waals surface area (Å²) in [5.41, 5.74) is 2.08. The maximum atomic E-state index is 4.24. The molecule has 0 saturated carbocycles. The number of nitrogens with zero attached hydrogens (tertiary/aromatic N) is 3. The van der Waals surface area contributed by atoms with Gasteiger partial charge in [0.05, 0.1) is 11.9 Å². The van der Waals surface area contributed by atoms with Crippen molar-refractivity contribution in [1.29, 1.82) is 0 Å². The van der Waals surface area contributed by atoms with Crippen molar-refractivity contribution < 1.29 is 0 Å². The quantitative estimate of drug-likeness (QED) is 0.641. The zero-order valence-corrected chi connectivity index (χ0v) is 6.88. The summed E-state index contributed by atoms with van der Waals surface area (Å²) in [4.78, 5) is 0. The fraction of sp³-hybridized carbons (Fsp3) is 0.143. The predicted molar refractivity (Wildman–Crippen MR) is 44.3 cm³/mol. The minimum absolute atomic E-state index is 0.987. The van der Waals surface area contributed by atoms with Crippen molar-refractivity contribution in [3.05, 3.63) is 23.8 Å². The summed E-state index contributed by atoms with van der Waals surface area (Å²) in [6.07, 6.45) is 3.75. The Morgan fingerprint density at radius 3 is 3.00 bits per heavy atom. The topological polar surface area (TPSA) is 30.7 Å². The maximum absolute atomic E-state index is 4.24. The molecule has 11 heavy (non-hydrogen) atoms. The number of rotatable bonds is 1. The summed E-state index contributed by atoms with van der Waals surface area (Å²) in [5.74, 6) is 0. The van der Waals surface area contributed by atoms with Crippen LogP contribution in [0.4, 0.5) is 0 Å².